The Morgan fingerprint density at radius 1 is 0.704 bits per heavy atom. The molecule has 4 fully saturated rings. The van der Waals surface area contributed by atoms with E-state index in [9.17, 15) is 10.2 Å². The summed E-state index contributed by atoms with van der Waals surface area (Å²) >= 11 is 0. The van der Waals surface area contributed by atoms with Crippen molar-refractivity contribution in [2.24, 2.45) is 56.3 Å². The van der Waals surface area contributed by atoms with Gasteiger partial charge in [-0.1, -0.05) is 27.7 Å². The molecule has 4 bridgehead atoms. The minimum absolute atomic E-state index is 0. The van der Waals surface area contributed by atoms with Gasteiger partial charge < -0.3 is 10.2 Å². The molecule has 5 heteroatoms. The van der Waals surface area contributed by atoms with Gasteiger partial charge in [-0.3, -0.25) is 9.98 Å². The topological polar surface area (TPSA) is 65.2 Å². The Balaban J connectivity index is 0.00000210. The second-order valence-electron chi connectivity index (χ2n) is 10.5. The molecule has 4 saturated carbocycles. The molecular weight excluding hydrogens is 383 g/mol. The van der Waals surface area contributed by atoms with E-state index in [0.29, 0.717) is 36.8 Å². The van der Waals surface area contributed by atoms with Gasteiger partial charge >= 0.3 is 0 Å². The van der Waals surface area contributed by atoms with E-state index in [1.54, 1.807) is 0 Å². The fourth-order valence-electron chi connectivity index (χ4n) is 7.26. The fraction of sp³-hybridized carbons (Fsp3) is 0.909. The molecule has 4 aliphatic rings. The molecule has 0 aromatic carbocycles. The molecule has 0 saturated heterocycles. The molecule has 27 heavy (non-hydrogen) atoms. The maximum Gasteiger partial charge on any atom is 0.0653 e. The maximum absolute atomic E-state index is 10.6. The average molecular weight is 419 g/mol. The number of rotatable bonds is 5. The third-order valence-corrected chi connectivity index (χ3v) is 8.86. The predicted molar refractivity (Wildman–Crippen MR) is 106 cm³/mol. The molecule has 0 spiro atoms. The van der Waals surface area contributed by atoms with E-state index in [1.807, 2.05) is 12.4 Å². The number of aliphatic hydroxyl groups is 2. The van der Waals surface area contributed by atoms with Crippen LogP contribution in [0.4, 0.5) is 0 Å². The molecule has 156 valence electrons. The summed E-state index contributed by atoms with van der Waals surface area (Å²) in [6.45, 7) is 10.6. The summed E-state index contributed by atoms with van der Waals surface area (Å²) in [4.78, 5) is 9.17. The van der Waals surface area contributed by atoms with E-state index >= 15 is 0 Å². The summed E-state index contributed by atoms with van der Waals surface area (Å²) in [5, 5.41) is 21.1. The van der Waals surface area contributed by atoms with Gasteiger partial charge in [-0.2, -0.15) is 0 Å². The molecule has 0 aliphatic heterocycles. The molecular formula is C22H36N2NiO2. The second kappa shape index (κ2) is 7.54. The van der Waals surface area contributed by atoms with Gasteiger partial charge in [0.25, 0.3) is 0 Å². The van der Waals surface area contributed by atoms with E-state index in [4.69, 9.17) is 0 Å². The van der Waals surface area contributed by atoms with Crippen LogP contribution in [0.25, 0.3) is 0 Å². The standard InChI is InChI=1S/C22H36N2O2.Ni/c1-21(2)15-5-7-17(21)19(25)13(15)11-23-9-10-24-12-14-16-6-8-18(20(14)26)22(16,3)4;/h11-20,25-26H,5-10H2,1-4H3;. The SMILES string of the molecule is CC1(C)C2CCC1C(C=NCCN=CC1C(O)C3CCC1C3(C)C)C2O.[Ni]. The first-order valence-corrected chi connectivity index (χ1v) is 10.6. The molecule has 0 radical (unpaired) electrons. The Kier molecular flexibility index (Phi) is 5.99. The smallest absolute Gasteiger partial charge is 0.0653 e. The summed E-state index contributed by atoms with van der Waals surface area (Å²) in [7, 11) is 0. The second-order valence-corrected chi connectivity index (χ2v) is 10.5. The van der Waals surface area contributed by atoms with Crippen LogP contribution >= 0.6 is 0 Å². The maximum atomic E-state index is 10.6. The molecule has 4 nitrogen and oxygen atoms in total. The van der Waals surface area contributed by atoms with Crippen LogP contribution in [0.5, 0.6) is 0 Å². The number of fused-ring (bicyclic) bond motifs is 4. The van der Waals surface area contributed by atoms with Crippen LogP contribution in [-0.2, 0) is 16.5 Å². The first-order chi connectivity index (χ1) is 12.3. The Hall–Kier alpha value is -0.246. The van der Waals surface area contributed by atoms with E-state index in [-0.39, 0.29) is 51.4 Å². The summed E-state index contributed by atoms with van der Waals surface area (Å²) in [6, 6.07) is 0. The molecule has 8 atom stereocenters. The number of aliphatic imine (C=N–C) groups is 2. The minimum atomic E-state index is -0.220. The van der Waals surface area contributed by atoms with Crippen molar-refractivity contribution < 1.29 is 26.7 Å². The Morgan fingerprint density at radius 2 is 1.04 bits per heavy atom. The zero-order valence-corrected chi connectivity index (χ0v) is 18.1. The van der Waals surface area contributed by atoms with Crippen LogP contribution in [-0.4, -0.2) is 47.9 Å². The van der Waals surface area contributed by atoms with Crippen LogP contribution in [0.1, 0.15) is 53.4 Å². The van der Waals surface area contributed by atoms with Crippen LogP contribution in [0.15, 0.2) is 9.98 Å². The largest absolute Gasteiger partial charge is 0.392 e. The van der Waals surface area contributed by atoms with Gasteiger partial charge in [0.1, 0.15) is 0 Å². The predicted octanol–water partition coefficient (Wildman–Crippen LogP) is 3.21. The molecule has 8 unspecified atom stereocenters. The monoisotopic (exact) mass is 418 g/mol. The van der Waals surface area contributed by atoms with Gasteiger partial charge in [0, 0.05) is 40.8 Å². The van der Waals surface area contributed by atoms with Crippen LogP contribution in [0.3, 0.4) is 0 Å². The number of aliphatic hydroxyl groups excluding tert-OH is 2. The minimum Gasteiger partial charge on any atom is -0.392 e. The van der Waals surface area contributed by atoms with Crippen molar-refractivity contribution in [3.63, 3.8) is 0 Å². The molecule has 0 amide bonds. The van der Waals surface area contributed by atoms with Crippen LogP contribution < -0.4 is 0 Å². The Labute approximate surface area is 174 Å². The summed E-state index contributed by atoms with van der Waals surface area (Å²) < 4.78 is 0. The van der Waals surface area contributed by atoms with Crippen molar-refractivity contribution in [1.82, 2.24) is 0 Å². The van der Waals surface area contributed by atoms with Gasteiger partial charge in [0.05, 0.1) is 25.3 Å². The van der Waals surface area contributed by atoms with Crippen molar-refractivity contribution in [3.8, 4) is 0 Å². The summed E-state index contributed by atoms with van der Waals surface area (Å²) in [5.74, 6) is 2.46. The van der Waals surface area contributed by atoms with Gasteiger partial charge in [0.2, 0.25) is 0 Å². The molecule has 4 aliphatic carbocycles. The third kappa shape index (κ3) is 3.26. The van der Waals surface area contributed by atoms with Gasteiger partial charge in [-0.25, -0.2) is 0 Å². The van der Waals surface area contributed by atoms with Crippen LogP contribution in [0.2, 0.25) is 0 Å². The molecule has 4 rings (SSSR count). The van der Waals surface area contributed by atoms with E-state index < -0.39 is 0 Å². The average Bonchev–Trinajstić information content (AvgIpc) is 3.15. The molecule has 0 aromatic heterocycles. The zero-order chi connectivity index (χ0) is 18.7. The zero-order valence-electron chi connectivity index (χ0n) is 17.1. The normalized spacial score (nSPS) is 46.6. The summed E-state index contributed by atoms with van der Waals surface area (Å²) in [5.41, 5.74) is 0.498. The Bertz CT molecular complexity index is 551. The quantitative estimate of drug-likeness (QED) is 0.409. The van der Waals surface area contributed by atoms with Crippen LogP contribution in [0, 0.1) is 46.3 Å². The Morgan fingerprint density at radius 3 is 1.33 bits per heavy atom. The van der Waals surface area contributed by atoms with Gasteiger partial charge in [-0.15, -0.1) is 0 Å². The van der Waals surface area contributed by atoms with Crippen molar-refractivity contribution in [2.45, 2.75) is 65.6 Å². The first kappa shape index (κ1) is 21.5. The number of hydrogen-bond donors (Lipinski definition) is 2. The third-order valence-electron chi connectivity index (χ3n) is 8.86. The van der Waals surface area contributed by atoms with E-state index in [1.165, 1.54) is 12.8 Å². The first-order valence-electron chi connectivity index (χ1n) is 10.6. The fourth-order valence-corrected chi connectivity index (χ4v) is 7.26. The van der Waals surface area contributed by atoms with E-state index in [2.05, 4.69) is 37.7 Å². The van der Waals surface area contributed by atoms with Crippen molar-refractivity contribution in [1.29, 1.82) is 0 Å². The number of nitrogens with zero attached hydrogens (tertiary/aromatic N) is 2. The van der Waals surface area contributed by atoms with Crippen molar-refractivity contribution in [3.05, 3.63) is 0 Å². The van der Waals surface area contributed by atoms with E-state index in [0.717, 1.165) is 12.8 Å². The van der Waals surface area contributed by atoms with Crippen molar-refractivity contribution in [2.75, 3.05) is 13.1 Å². The van der Waals surface area contributed by atoms with Gasteiger partial charge in [-0.05, 0) is 60.2 Å². The summed E-state index contributed by atoms with van der Waals surface area (Å²) in [6.07, 6.45) is 8.36. The van der Waals surface area contributed by atoms with Crippen molar-refractivity contribution >= 4 is 12.4 Å². The van der Waals surface area contributed by atoms with Gasteiger partial charge in [0.15, 0.2) is 0 Å². The molecule has 0 heterocycles. The number of hydrogen-bond acceptors (Lipinski definition) is 4. The molecule has 2 N–H and O–H groups in total. The molecule has 0 aromatic rings.